The van der Waals surface area contributed by atoms with Gasteiger partial charge < -0.3 is 9.47 Å². The molecule has 3 heterocycles. The number of benzene rings is 3. The molecule has 1 saturated heterocycles. The van der Waals surface area contributed by atoms with Gasteiger partial charge in [0.1, 0.15) is 23.8 Å². The third-order valence-corrected chi connectivity index (χ3v) is 7.56. The van der Waals surface area contributed by atoms with Crippen LogP contribution in [-0.4, -0.2) is 38.5 Å². The van der Waals surface area contributed by atoms with E-state index in [1.807, 2.05) is 84.4 Å². The fraction of sp³-hybridized carbons (Fsp3) is 0.182. The Hall–Kier alpha value is -5.16. The zero-order valence-corrected chi connectivity index (χ0v) is 22.7. The Kier molecular flexibility index (Phi) is 7.33. The first-order chi connectivity index (χ1) is 20.1. The molecule has 202 valence electrons. The van der Waals surface area contributed by atoms with E-state index in [0.29, 0.717) is 11.3 Å². The van der Waals surface area contributed by atoms with Crippen LogP contribution in [0.4, 0.5) is 15.8 Å². The largest absolute Gasteiger partial charge is 0.370 e. The molecule has 2 aromatic heterocycles. The molecule has 0 amide bonds. The highest BCUT2D eigenvalue weighted by atomic mass is 19.1. The van der Waals surface area contributed by atoms with Crippen molar-refractivity contribution in [2.24, 2.45) is 12.0 Å². The lowest BCUT2D eigenvalue weighted by atomic mass is 9.92. The van der Waals surface area contributed by atoms with E-state index >= 15 is 0 Å². The first-order valence-electron chi connectivity index (χ1n) is 13.6. The van der Waals surface area contributed by atoms with Crippen molar-refractivity contribution in [3.05, 3.63) is 126 Å². The number of halogens is 1. The smallest absolute Gasteiger partial charge is 0.212 e. The van der Waals surface area contributed by atoms with Crippen molar-refractivity contribution in [2.45, 2.75) is 18.8 Å². The molecular formula is C33H28FN7. The maximum absolute atomic E-state index is 13.7. The van der Waals surface area contributed by atoms with Crippen molar-refractivity contribution in [3.8, 4) is 17.2 Å². The molecule has 3 aromatic carbocycles. The van der Waals surface area contributed by atoms with Crippen LogP contribution in [0.1, 0.15) is 41.3 Å². The van der Waals surface area contributed by atoms with Crippen LogP contribution in [0, 0.1) is 17.3 Å². The predicted octanol–water partition coefficient (Wildman–Crippen LogP) is 6.44. The third-order valence-electron chi connectivity index (χ3n) is 7.56. The van der Waals surface area contributed by atoms with Gasteiger partial charge in [-0.25, -0.2) is 9.98 Å². The Labute approximate surface area is 238 Å². The van der Waals surface area contributed by atoms with Crippen LogP contribution in [0.25, 0.3) is 11.1 Å². The van der Waals surface area contributed by atoms with E-state index in [1.165, 1.54) is 12.3 Å². The fourth-order valence-corrected chi connectivity index (χ4v) is 5.51. The Morgan fingerprint density at radius 3 is 2.17 bits per heavy atom. The van der Waals surface area contributed by atoms with Gasteiger partial charge in [0.2, 0.25) is 5.95 Å². The number of rotatable bonds is 6. The summed E-state index contributed by atoms with van der Waals surface area (Å²) in [4.78, 5) is 11.2. The van der Waals surface area contributed by atoms with Crippen LogP contribution >= 0.6 is 0 Å². The standard InChI is InChI=1S/C33H28FN7/c1-40-22-37-39-33(40)25-16-18-41(19-17-25)32-27(26-12-15-30(34)36-21-26)13-14-29(28(32)20-35)38-31(23-8-4-2-5-9-23)24-10-6-3-7-11-24/h2-15,21-22,25H,16-19H2,1H3. The van der Waals surface area contributed by atoms with Crippen molar-refractivity contribution in [1.82, 2.24) is 19.7 Å². The van der Waals surface area contributed by atoms with Gasteiger partial charge >= 0.3 is 0 Å². The summed E-state index contributed by atoms with van der Waals surface area (Å²) in [7, 11) is 1.97. The van der Waals surface area contributed by atoms with E-state index in [2.05, 4.69) is 26.2 Å². The van der Waals surface area contributed by atoms with Gasteiger partial charge in [0, 0.05) is 54.5 Å². The summed E-state index contributed by atoms with van der Waals surface area (Å²) in [5.41, 5.74) is 6.12. The van der Waals surface area contributed by atoms with Crippen LogP contribution < -0.4 is 4.90 Å². The Balaban J connectivity index is 1.48. The van der Waals surface area contributed by atoms with Crippen LogP contribution in [-0.2, 0) is 7.05 Å². The fourth-order valence-electron chi connectivity index (χ4n) is 5.51. The van der Waals surface area contributed by atoms with Crippen LogP contribution in [0.15, 0.2) is 102 Å². The molecule has 1 aliphatic rings. The van der Waals surface area contributed by atoms with E-state index in [-0.39, 0.29) is 5.92 Å². The summed E-state index contributed by atoms with van der Waals surface area (Å²) < 4.78 is 15.7. The molecule has 6 rings (SSSR count). The van der Waals surface area contributed by atoms with E-state index in [9.17, 15) is 9.65 Å². The highest BCUT2D eigenvalue weighted by molar-refractivity contribution is 6.14. The summed E-state index contributed by atoms with van der Waals surface area (Å²) in [6.45, 7) is 1.45. The molecule has 0 saturated carbocycles. The molecule has 1 aliphatic heterocycles. The van der Waals surface area contributed by atoms with Crippen molar-refractivity contribution >= 4 is 17.1 Å². The summed E-state index contributed by atoms with van der Waals surface area (Å²) in [5.74, 6) is 0.711. The number of hydrogen-bond donors (Lipinski definition) is 0. The van der Waals surface area contributed by atoms with E-state index < -0.39 is 5.95 Å². The number of aryl methyl sites for hydroxylation is 1. The molecule has 1 fully saturated rings. The Morgan fingerprint density at radius 1 is 0.927 bits per heavy atom. The second-order valence-electron chi connectivity index (χ2n) is 10.1. The zero-order valence-electron chi connectivity index (χ0n) is 22.7. The maximum Gasteiger partial charge on any atom is 0.212 e. The molecular weight excluding hydrogens is 513 g/mol. The van der Waals surface area contributed by atoms with Crippen LogP contribution in [0.5, 0.6) is 0 Å². The maximum atomic E-state index is 13.7. The monoisotopic (exact) mass is 541 g/mol. The first-order valence-corrected chi connectivity index (χ1v) is 13.6. The van der Waals surface area contributed by atoms with Crippen molar-refractivity contribution in [1.29, 1.82) is 5.26 Å². The highest BCUT2D eigenvalue weighted by Crippen LogP contribution is 2.41. The van der Waals surface area contributed by atoms with Gasteiger partial charge in [0.25, 0.3) is 0 Å². The summed E-state index contributed by atoms with van der Waals surface area (Å²) in [6.07, 6.45) is 4.98. The van der Waals surface area contributed by atoms with E-state index in [4.69, 9.17) is 4.99 Å². The molecule has 7 nitrogen and oxygen atoms in total. The molecule has 0 unspecified atom stereocenters. The highest BCUT2D eigenvalue weighted by Gasteiger charge is 2.28. The number of piperidine rings is 1. The average molecular weight is 542 g/mol. The lowest BCUT2D eigenvalue weighted by Gasteiger charge is -2.35. The topological polar surface area (TPSA) is 83.0 Å². The number of pyridine rings is 1. The third kappa shape index (κ3) is 5.35. The molecule has 0 aliphatic carbocycles. The van der Waals surface area contributed by atoms with Gasteiger partial charge in [-0.15, -0.1) is 10.2 Å². The summed E-state index contributed by atoms with van der Waals surface area (Å²) in [6, 6.07) is 29.3. The quantitative estimate of drug-likeness (QED) is 0.182. The van der Waals surface area contributed by atoms with Gasteiger partial charge in [-0.2, -0.15) is 9.65 Å². The number of anilines is 1. The normalized spacial score (nSPS) is 13.5. The molecule has 5 aromatic rings. The number of aliphatic imine (C=N–C) groups is 1. The van der Waals surface area contributed by atoms with Crippen LogP contribution in [0.2, 0.25) is 0 Å². The van der Waals surface area contributed by atoms with Gasteiger partial charge in [0.05, 0.1) is 17.1 Å². The minimum absolute atomic E-state index is 0.282. The Morgan fingerprint density at radius 2 is 1.61 bits per heavy atom. The van der Waals surface area contributed by atoms with Crippen molar-refractivity contribution in [2.75, 3.05) is 18.0 Å². The van der Waals surface area contributed by atoms with Crippen molar-refractivity contribution in [3.63, 3.8) is 0 Å². The predicted molar refractivity (Wildman–Crippen MR) is 158 cm³/mol. The van der Waals surface area contributed by atoms with Gasteiger partial charge in [-0.3, -0.25) is 0 Å². The summed E-state index contributed by atoms with van der Waals surface area (Å²) >= 11 is 0. The minimum Gasteiger partial charge on any atom is -0.370 e. The lowest BCUT2D eigenvalue weighted by molar-refractivity contribution is 0.474. The molecule has 41 heavy (non-hydrogen) atoms. The molecule has 0 spiro atoms. The molecule has 8 heteroatoms. The van der Waals surface area contributed by atoms with E-state index in [1.54, 1.807) is 12.4 Å². The number of nitriles is 1. The second-order valence-corrected chi connectivity index (χ2v) is 10.1. The van der Waals surface area contributed by atoms with Crippen molar-refractivity contribution < 1.29 is 4.39 Å². The number of hydrogen-bond acceptors (Lipinski definition) is 6. The van der Waals surface area contributed by atoms with Gasteiger partial charge in [-0.1, -0.05) is 60.7 Å². The van der Waals surface area contributed by atoms with Gasteiger partial charge in [0.15, 0.2) is 0 Å². The first kappa shape index (κ1) is 26.1. The molecule has 0 bridgehead atoms. The van der Waals surface area contributed by atoms with Gasteiger partial charge in [-0.05, 0) is 37.1 Å². The summed E-state index contributed by atoms with van der Waals surface area (Å²) in [5, 5.41) is 19.0. The molecule has 0 radical (unpaired) electrons. The average Bonchev–Trinajstić information content (AvgIpc) is 3.46. The number of nitrogens with zero attached hydrogens (tertiary/aromatic N) is 7. The molecule has 0 atom stereocenters. The van der Waals surface area contributed by atoms with E-state index in [0.717, 1.165) is 65.4 Å². The number of aromatic nitrogens is 4. The minimum atomic E-state index is -0.545. The lowest BCUT2D eigenvalue weighted by Crippen LogP contribution is -2.34. The zero-order chi connectivity index (χ0) is 28.2. The SMILES string of the molecule is Cn1cnnc1C1CCN(c2c(-c3ccc(F)nc3)ccc(N=C(c3ccccc3)c3ccccc3)c2C#N)CC1. The molecule has 0 N–H and O–H groups in total. The Bertz CT molecular complexity index is 1670. The van der Waals surface area contributed by atoms with Crippen LogP contribution in [0.3, 0.4) is 0 Å². The second kappa shape index (κ2) is 11.5.